The van der Waals surface area contributed by atoms with Gasteiger partial charge in [0.25, 0.3) is 5.91 Å². The van der Waals surface area contributed by atoms with Crippen LogP contribution >= 0.6 is 23.6 Å². The van der Waals surface area contributed by atoms with Crippen LogP contribution in [0.2, 0.25) is 0 Å². The second-order valence-corrected chi connectivity index (χ2v) is 7.97. The smallest absolute Gasteiger partial charge is 0.253 e. The lowest BCUT2D eigenvalue weighted by Gasteiger charge is -2.20. The van der Waals surface area contributed by atoms with E-state index in [1.807, 2.05) is 40.6 Å². The van der Waals surface area contributed by atoms with E-state index in [4.69, 9.17) is 12.2 Å². The summed E-state index contributed by atoms with van der Waals surface area (Å²) >= 11 is 6.76. The van der Waals surface area contributed by atoms with Gasteiger partial charge in [0.1, 0.15) is 0 Å². The van der Waals surface area contributed by atoms with E-state index in [1.54, 1.807) is 23.5 Å². The van der Waals surface area contributed by atoms with Gasteiger partial charge in [-0.1, -0.05) is 25.0 Å². The van der Waals surface area contributed by atoms with Crippen LogP contribution in [0.5, 0.6) is 0 Å². The van der Waals surface area contributed by atoms with Crippen molar-refractivity contribution in [3.8, 4) is 0 Å². The Morgan fingerprint density at radius 1 is 1.07 bits per heavy atom. The first-order chi connectivity index (χ1) is 13.6. The van der Waals surface area contributed by atoms with E-state index in [-0.39, 0.29) is 16.9 Å². The molecule has 1 aliphatic rings. The molecule has 1 aromatic heterocycles. The zero-order valence-corrected chi connectivity index (χ0v) is 17.2. The molecule has 0 saturated carbocycles. The Morgan fingerprint density at radius 3 is 2.57 bits per heavy atom. The molecule has 2 amide bonds. The molecule has 2 heterocycles. The maximum Gasteiger partial charge on any atom is 0.253 e. The van der Waals surface area contributed by atoms with Crippen LogP contribution in [0, 0.1) is 0 Å². The largest absolute Gasteiger partial charge is 0.339 e. The SMILES string of the molecule is O=C(/C=C/c1cccs1)NC(=S)Nc1cccc(C(=O)N2CCCCCC2)c1. The summed E-state index contributed by atoms with van der Waals surface area (Å²) < 4.78 is 0. The van der Waals surface area contributed by atoms with Crippen LogP contribution in [0.15, 0.2) is 47.9 Å². The highest BCUT2D eigenvalue weighted by atomic mass is 32.1. The third kappa shape index (κ3) is 6.00. The molecule has 1 fully saturated rings. The maximum absolute atomic E-state index is 12.8. The normalized spacial score (nSPS) is 14.5. The minimum Gasteiger partial charge on any atom is -0.339 e. The lowest BCUT2D eigenvalue weighted by atomic mass is 10.1. The van der Waals surface area contributed by atoms with Crippen LogP contribution in [0.25, 0.3) is 6.08 Å². The van der Waals surface area contributed by atoms with Crippen molar-refractivity contribution in [3.05, 3.63) is 58.3 Å². The first-order valence-corrected chi connectivity index (χ1v) is 10.6. The number of hydrogen-bond donors (Lipinski definition) is 2. The van der Waals surface area contributed by atoms with Gasteiger partial charge in [-0.15, -0.1) is 11.3 Å². The predicted octanol–water partition coefficient (Wildman–Crippen LogP) is 4.29. The average Bonchev–Trinajstić information content (AvgIpc) is 3.06. The minimum atomic E-state index is -0.303. The van der Waals surface area contributed by atoms with Crippen molar-refractivity contribution >= 4 is 52.2 Å². The molecule has 0 aliphatic carbocycles. The summed E-state index contributed by atoms with van der Waals surface area (Å²) in [5.41, 5.74) is 1.30. The molecule has 1 saturated heterocycles. The van der Waals surface area contributed by atoms with Crippen LogP contribution in [0.1, 0.15) is 40.9 Å². The van der Waals surface area contributed by atoms with Crippen molar-refractivity contribution in [1.29, 1.82) is 0 Å². The van der Waals surface area contributed by atoms with Crippen LogP contribution in [-0.2, 0) is 4.79 Å². The van der Waals surface area contributed by atoms with Gasteiger partial charge in [0.05, 0.1) is 0 Å². The third-order valence-electron chi connectivity index (χ3n) is 4.44. The summed E-state index contributed by atoms with van der Waals surface area (Å²) in [6, 6.07) is 11.1. The summed E-state index contributed by atoms with van der Waals surface area (Å²) in [6.45, 7) is 1.61. The highest BCUT2D eigenvalue weighted by Crippen LogP contribution is 2.16. The van der Waals surface area contributed by atoms with Crippen molar-refractivity contribution in [1.82, 2.24) is 10.2 Å². The highest BCUT2D eigenvalue weighted by molar-refractivity contribution is 7.80. The van der Waals surface area contributed by atoms with Crippen LogP contribution in [-0.4, -0.2) is 34.9 Å². The van der Waals surface area contributed by atoms with Gasteiger partial charge < -0.3 is 10.2 Å². The molecule has 7 heteroatoms. The van der Waals surface area contributed by atoms with Crippen molar-refractivity contribution < 1.29 is 9.59 Å². The number of carbonyl (C=O) groups excluding carboxylic acids is 2. The van der Waals surface area contributed by atoms with Gasteiger partial charge in [-0.2, -0.15) is 0 Å². The third-order valence-corrected chi connectivity index (χ3v) is 5.48. The van der Waals surface area contributed by atoms with Crippen molar-refractivity contribution in [2.24, 2.45) is 0 Å². The molecular weight excluding hydrogens is 390 g/mol. The maximum atomic E-state index is 12.8. The first kappa shape index (κ1) is 20.2. The summed E-state index contributed by atoms with van der Waals surface area (Å²) in [5.74, 6) is -0.262. The average molecular weight is 414 g/mol. The number of anilines is 1. The number of hydrogen-bond acceptors (Lipinski definition) is 4. The Labute approximate surface area is 174 Å². The highest BCUT2D eigenvalue weighted by Gasteiger charge is 2.17. The van der Waals surface area contributed by atoms with Crippen molar-refractivity contribution in [3.63, 3.8) is 0 Å². The fourth-order valence-corrected chi connectivity index (χ4v) is 3.88. The van der Waals surface area contributed by atoms with Gasteiger partial charge >= 0.3 is 0 Å². The quantitative estimate of drug-likeness (QED) is 0.580. The molecule has 0 radical (unpaired) electrons. The van der Waals surface area contributed by atoms with Gasteiger partial charge in [0, 0.05) is 35.3 Å². The van der Waals surface area contributed by atoms with Gasteiger partial charge in [0.15, 0.2) is 5.11 Å². The monoisotopic (exact) mass is 413 g/mol. The molecule has 0 unspecified atom stereocenters. The zero-order valence-electron chi connectivity index (χ0n) is 15.5. The van der Waals surface area contributed by atoms with E-state index >= 15 is 0 Å². The van der Waals surface area contributed by atoms with E-state index in [2.05, 4.69) is 10.6 Å². The number of nitrogens with one attached hydrogen (secondary N) is 2. The van der Waals surface area contributed by atoms with E-state index in [1.165, 1.54) is 18.9 Å². The van der Waals surface area contributed by atoms with E-state index in [0.29, 0.717) is 11.3 Å². The fraction of sp³-hybridized carbons (Fsp3) is 0.286. The standard InChI is InChI=1S/C21H23N3O2S2/c25-19(11-10-18-9-6-14-28-18)23-21(27)22-17-8-5-7-16(15-17)20(26)24-12-3-1-2-4-13-24/h5-11,14-15H,1-4,12-13H2,(H2,22,23,25,27)/b11-10+. The molecule has 3 rings (SSSR count). The molecule has 5 nitrogen and oxygen atoms in total. The number of carbonyl (C=O) groups is 2. The summed E-state index contributed by atoms with van der Waals surface area (Å²) in [7, 11) is 0. The molecular formula is C21H23N3O2S2. The summed E-state index contributed by atoms with van der Waals surface area (Å²) in [5, 5.41) is 7.73. The van der Waals surface area contributed by atoms with Gasteiger partial charge in [-0.3, -0.25) is 14.9 Å². The second-order valence-electron chi connectivity index (χ2n) is 6.58. The van der Waals surface area contributed by atoms with Crippen molar-refractivity contribution in [2.45, 2.75) is 25.7 Å². The summed E-state index contributed by atoms with van der Waals surface area (Å²) in [4.78, 5) is 27.6. The van der Waals surface area contributed by atoms with E-state index < -0.39 is 0 Å². The van der Waals surface area contributed by atoms with E-state index in [0.717, 1.165) is 30.8 Å². The fourth-order valence-electron chi connectivity index (χ4n) is 3.05. The molecule has 2 N–H and O–H groups in total. The Hall–Kier alpha value is -2.51. The van der Waals surface area contributed by atoms with Crippen LogP contribution < -0.4 is 10.6 Å². The van der Waals surface area contributed by atoms with Crippen LogP contribution in [0.4, 0.5) is 5.69 Å². The Kier molecular flexibility index (Phi) is 7.33. The topological polar surface area (TPSA) is 61.4 Å². The lowest BCUT2D eigenvalue weighted by molar-refractivity contribution is -0.115. The molecule has 28 heavy (non-hydrogen) atoms. The zero-order chi connectivity index (χ0) is 19.8. The van der Waals surface area contributed by atoms with Crippen LogP contribution in [0.3, 0.4) is 0 Å². The predicted molar refractivity (Wildman–Crippen MR) is 119 cm³/mol. The number of rotatable bonds is 4. The molecule has 0 bridgehead atoms. The van der Waals surface area contributed by atoms with Gasteiger partial charge in [-0.05, 0) is 60.8 Å². The number of amides is 2. The van der Waals surface area contributed by atoms with Gasteiger partial charge in [-0.25, -0.2) is 0 Å². The number of thiophene rings is 1. The number of likely N-dealkylation sites (tertiary alicyclic amines) is 1. The molecule has 1 aromatic carbocycles. The molecule has 146 valence electrons. The van der Waals surface area contributed by atoms with Crippen molar-refractivity contribution in [2.75, 3.05) is 18.4 Å². The number of benzene rings is 1. The Balaban J connectivity index is 1.56. The minimum absolute atomic E-state index is 0.0411. The van der Waals surface area contributed by atoms with E-state index in [9.17, 15) is 9.59 Å². The lowest BCUT2D eigenvalue weighted by Crippen LogP contribution is -2.33. The summed E-state index contributed by atoms with van der Waals surface area (Å²) in [6.07, 6.45) is 7.65. The van der Waals surface area contributed by atoms with Gasteiger partial charge in [0.2, 0.25) is 5.91 Å². The Morgan fingerprint density at radius 2 is 1.86 bits per heavy atom. The number of thiocarbonyl (C=S) groups is 1. The molecule has 0 spiro atoms. The first-order valence-electron chi connectivity index (χ1n) is 9.35. The Bertz CT molecular complexity index is 854. The second kappa shape index (κ2) is 10.1. The molecule has 1 aliphatic heterocycles. The molecule has 0 atom stereocenters. The molecule has 2 aromatic rings. The number of nitrogens with zero attached hydrogens (tertiary/aromatic N) is 1.